The van der Waals surface area contributed by atoms with Gasteiger partial charge in [0.2, 0.25) is 0 Å². The Labute approximate surface area is 194 Å². The van der Waals surface area contributed by atoms with E-state index in [4.69, 9.17) is 9.73 Å². The number of aryl methyl sites for hydroxylation is 2. The summed E-state index contributed by atoms with van der Waals surface area (Å²) in [7, 11) is 0. The molecule has 1 aromatic heterocycles. The molecule has 166 valence electrons. The van der Waals surface area contributed by atoms with Crippen molar-refractivity contribution in [3.05, 3.63) is 75.7 Å². The first kappa shape index (κ1) is 22.3. The van der Waals surface area contributed by atoms with Gasteiger partial charge in [0, 0.05) is 16.8 Å². The summed E-state index contributed by atoms with van der Waals surface area (Å²) in [6.45, 7) is 7.01. The predicted octanol–water partition coefficient (Wildman–Crippen LogP) is 6.97. The topological polar surface area (TPSA) is 50.7 Å². The summed E-state index contributed by atoms with van der Waals surface area (Å²) in [5.74, 6) is 1.28. The maximum Gasteiger partial charge on any atom is 0.259 e. The molecule has 4 rings (SSSR count). The molecule has 1 amide bonds. The second-order valence-corrected chi connectivity index (χ2v) is 9.83. The lowest BCUT2D eigenvalue weighted by molar-refractivity contribution is 0.102. The van der Waals surface area contributed by atoms with Gasteiger partial charge in [-0.2, -0.15) is 0 Å². The minimum absolute atomic E-state index is 0.0714. The number of hydrogen-bond donors (Lipinski definition) is 1. The molecule has 1 N–H and O–H groups in total. The fraction of sp³-hybridized carbons (Fsp3) is 0.333. The van der Waals surface area contributed by atoms with E-state index in [0.29, 0.717) is 12.5 Å². The first-order chi connectivity index (χ1) is 15.5. The summed E-state index contributed by atoms with van der Waals surface area (Å²) in [5, 5.41) is 3.86. The Morgan fingerprint density at radius 1 is 1.09 bits per heavy atom. The third-order valence-corrected chi connectivity index (χ3v) is 6.68. The molecular formula is C27H30N2O2S. The number of nitrogens with one attached hydrogen (secondary N) is 1. The van der Waals surface area contributed by atoms with E-state index in [9.17, 15) is 4.79 Å². The van der Waals surface area contributed by atoms with Crippen molar-refractivity contribution in [1.29, 1.82) is 0 Å². The lowest BCUT2D eigenvalue weighted by atomic mass is 9.95. The van der Waals surface area contributed by atoms with Crippen molar-refractivity contribution in [1.82, 2.24) is 0 Å². The number of fused-ring (bicyclic) bond motifs is 1. The third-order valence-electron chi connectivity index (χ3n) is 5.48. The molecule has 1 heterocycles. The Morgan fingerprint density at radius 2 is 1.81 bits per heavy atom. The Balaban J connectivity index is 1.56. The van der Waals surface area contributed by atoms with Crippen molar-refractivity contribution in [2.45, 2.75) is 46.5 Å². The minimum Gasteiger partial charge on any atom is -0.493 e. The van der Waals surface area contributed by atoms with Crippen LogP contribution in [0.5, 0.6) is 5.75 Å². The molecule has 3 aromatic rings. The number of nitrogens with zero attached hydrogens (tertiary/aromatic N) is 1. The quantitative estimate of drug-likeness (QED) is 0.398. The number of thiophene rings is 1. The van der Waals surface area contributed by atoms with Crippen molar-refractivity contribution in [2.24, 2.45) is 10.9 Å². The molecule has 32 heavy (non-hydrogen) atoms. The standard InChI is InChI=1S/C27H30N2O2S/c1-18(2)17-31-22-14-10-20(11-15-22)16-28-27-25(23-6-4-5-7-24(23)32-27)26(30)29-21-12-8-19(3)9-13-21/h8-16,18H,4-7,17H2,1-3H3,(H,29,30). The minimum atomic E-state index is -0.0714. The number of carbonyl (C=O) groups is 1. The van der Waals surface area contributed by atoms with Crippen LogP contribution in [0.2, 0.25) is 0 Å². The van der Waals surface area contributed by atoms with Crippen LogP contribution >= 0.6 is 11.3 Å². The van der Waals surface area contributed by atoms with Crippen LogP contribution in [0, 0.1) is 12.8 Å². The van der Waals surface area contributed by atoms with E-state index >= 15 is 0 Å². The van der Waals surface area contributed by atoms with Gasteiger partial charge in [-0.25, -0.2) is 4.99 Å². The van der Waals surface area contributed by atoms with Crippen LogP contribution in [0.25, 0.3) is 0 Å². The molecule has 0 saturated heterocycles. The van der Waals surface area contributed by atoms with Crippen LogP contribution in [0.1, 0.15) is 58.6 Å². The van der Waals surface area contributed by atoms with Gasteiger partial charge >= 0.3 is 0 Å². The molecule has 1 aliphatic carbocycles. The first-order valence-corrected chi connectivity index (χ1v) is 12.1. The van der Waals surface area contributed by atoms with Gasteiger partial charge < -0.3 is 10.1 Å². The van der Waals surface area contributed by atoms with Crippen LogP contribution in [0.3, 0.4) is 0 Å². The number of aliphatic imine (C=N–C) groups is 1. The van der Waals surface area contributed by atoms with Crippen LogP contribution in [-0.2, 0) is 12.8 Å². The average molecular weight is 447 g/mol. The van der Waals surface area contributed by atoms with Crippen molar-refractivity contribution in [3.8, 4) is 5.75 Å². The fourth-order valence-electron chi connectivity index (χ4n) is 3.75. The molecule has 4 nitrogen and oxygen atoms in total. The third kappa shape index (κ3) is 5.46. The smallest absolute Gasteiger partial charge is 0.259 e. The molecule has 0 fully saturated rings. The number of carbonyl (C=O) groups excluding carboxylic acids is 1. The largest absolute Gasteiger partial charge is 0.493 e. The molecule has 0 aliphatic heterocycles. The van der Waals surface area contributed by atoms with Crippen LogP contribution in [0.4, 0.5) is 10.7 Å². The van der Waals surface area contributed by atoms with Crippen molar-refractivity contribution < 1.29 is 9.53 Å². The number of rotatable bonds is 7. The van der Waals surface area contributed by atoms with Gasteiger partial charge in [-0.3, -0.25) is 4.79 Å². The van der Waals surface area contributed by atoms with Gasteiger partial charge in [0.05, 0.1) is 12.2 Å². The fourth-order valence-corrected chi connectivity index (χ4v) is 4.98. The second-order valence-electron chi connectivity index (χ2n) is 8.74. The lowest BCUT2D eigenvalue weighted by Gasteiger charge is -2.13. The highest BCUT2D eigenvalue weighted by molar-refractivity contribution is 7.16. The Morgan fingerprint density at radius 3 is 2.53 bits per heavy atom. The lowest BCUT2D eigenvalue weighted by Crippen LogP contribution is -2.14. The Kier molecular flexibility index (Phi) is 7.05. The summed E-state index contributed by atoms with van der Waals surface area (Å²) in [4.78, 5) is 19.3. The summed E-state index contributed by atoms with van der Waals surface area (Å²) < 4.78 is 5.76. The first-order valence-electron chi connectivity index (χ1n) is 11.3. The Bertz CT molecular complexity index is 1100. The van der Waals surface area contributed by atoms with E-state index in [0.717, 1.165) is 46.8 Å². The molecule has 0 saturated carbocycles. The molecule has 0 spiro atoms. The molecule has 1 aliphatic rings. The maximum absolute atomic E-state index is 13.2. The molecule has 5 heteroatoms. The van der Waals surface area contributed by atoms with E-state index in [1.807, 2.05) is 61.7 Å². The van der Waals surface area contributed by atoms with Crippen LogP contribution in [-0.4, -0.2) is 18.7 Å². The van der Waals surface area contributed by atoms with Gasteiger partial charge in [-0.1, -0.05) is 31.5 Å². The normalized spacial score (nSPS) is 13.4. The molecular weight excluding hydrogens is 416 g/mol. The number of amides is 1. The van der Waals surface area contributed by atoms with Gasteiger partial charge in [0.1, 0.15) is 10.8 Å². The number of hydrogen-bond acceptors (Lipinski definition) is 4. The highest BCUT2D eigenvalue weighted by Gasteiger charge is 2.25. The number of ether oxygens (including phenoxy) is 1. The summed E-state index contributed by atoms with van der Waals surface area (Å²) in [5.41, 5.74) is 4.87. The zero-order chi connectivity index (χ0) is 22.5. The monoisotopic (exact) mass is 446 g/mol. The summed E-state index contributed by atoms with van der Waals surface area (Å²) in [6.07, 6.45) is 6.11. The summed E-state index contributed by atoms with van der Waals surface area (Å²) in [6, 6.07) is 15.8. The van der Waals surface area contributed by atoms with E-state index in [1.165, 1.54) is 22.4 Å². The molecule has 0 unspecified atom stereocenters. The van der Waals surface area contributed by atoms with Crippen molar-refractivity contribution in [2.75, 3.05) is 11.9 Å². The second kappa shape index (κ2) is 10.1. The van der Waals surface area contributed by atoms with E-state index in [1.54, 1.807) is 11.3 Å². The summed E-state index contributed by atoms with van der Waals surface area (Å²) >= 11 is 1.65. The molecule has 0 radical (unpaired) electrons. The van der Waals surface area contributed by atoms with E-state index < -0.39 is 0 Å². The molecule has 2 aromatic carbocycles. The highest BCUT2D eigenvalue weighted by Crippen LogP contribution is 2.40. The zero-order valence-electron chi connectivity index (χ0n) is 19.0. The average Bonchev–Trinajstić information content (AvgIpc) is 3.17. The molecule has 0 atom stereocenters. The van der Waals surface area contributed by atoms with Crippen LogP contribution in [0.15, 0.2) is 53.5 Å². The maximum atomic E-state index is 13.2. The Hall–Kier alpha value is -2.92. The SMILES string of the molecule is Cc1ccc(NC(=O)c2c(N=Cc3ccc(OCC(C)C)cc3)sc3c2CCCC3)cc1. The van der Waals surface area contributed by atoms with Crippen molar-refractivity contribution >= 4 is 34.1 Å². The van der Waals surface area contributed by atoms with Gasteiger partial charge in [-0.15, -0.1) is 11.3 Å². The van der Waals surface area contributed by atoms with Crippen LogP contribution < -0.4 is 10.1 Å². The van der Waals surface area contributed by atoms with Gasteiger partial charge in [0.15, 0.2) is 0 Å². The van der Waals surface area contributed by atoms with Crippen molar-refractivity contribution in [3.63, 3.8) is 0 Å². The molecule has 0 bridgehead atoms. The van der Waals surface area contributed by atoms with Gasteiger partial charge in [-0.05, 0) is 86.1 Å². The van der Waals surface area contributed by atoms with E-state index in [-0.39, 0.29) is 5.91 Å². The zero-order valence-corrected chi connectivity index (χ0v) is 19.8. The van der Waals surface area contributed by atoms with Gasteiger partial charge in [0.25, 0.3) is 5.91 Å². The van der Waals surface area contributed by atoms with E-state index in [2.05, 4.69) is 19.2 Å². The predicted molar refractivity (Wildman–Crippen MR) is 134 cm³/mol. The number of benzene rings is 2. The number of anilines is 1. The highest BCUT2D eigenvalue weighted by atomic mass is 32.1.